The average Bonchev–Trinajstić information content (AvgIpc) is 2.33. The van der Waals surface area contributed by atoms with Gasteiger partial charge >= 0.3 is 5.97 Å². The van der Waals surface area contributed by atoms with Gasteiger partial charge in [-0.1, -0.05) is 0 Å². The number of amides is 1. The Bertz CT molecular complexity index is 484. The average molecular weight is 350 g/mol. The molecule has 0 fully saturated rings. The fraction of sp³-hybridized carbons (Fsp3) is 0.333. The predicted octanol–water partition coefficient (Wildman–Crippen LogP) is 2.52. The van der Waals surface area contributed by atoms with Gasteiger partial charge in [-0.05, 0) is 52.6 Å². The number of hydrogen-bond donors (Lipinski definition) is 2. The molecule has 0 bridgehead atoms. The molecule has 0 unspecified atom stereocenters. The monoisotopic (exact) mass is 349 g/mol. The van der Waals surface area contributed by atoms with Crippen LogP contribution in [0, 0.1) is 5.82 Å². The van der Waals surface area contributed by atoms with E-state index in [1.807, 2.05) is 6.26 Å². The van der Waals surface area contributed by atoms with Crippen LogP contribution in [0.2, 0.25) is 0 Å². The second-order valence-corrected chi connectivity index (χ2v) is 5.61. The van der Waals surface area contributed by atoms with E-state index < -0.39 is 23.7 Å². The number of halogens is 2. The van der Waals surface area contributed by atoms with Gasteiger partial charge in [-0.3, -0.25) is 4.79 Å². The van der Waals surface area contributed by atoms with Crippen LogP contribution in [-0.2, 0) is 4.79 Å². The summed E-state index contributed by atoms with van der Waals surface area (Å²) in [5.74, 6) is -1.47. The van der Waals surface area contributed by atoms with E-state index in [2.05, 4.69) is 21.2 Å². The third-order valence-corrected chi connectivity index (χ3v) is 3.69. The maximum absolute atomic E-state index is 12.9. The summed E-state index contributed by atoms with van der Waals surface area (Å²) in [6.45, 7) is 0. The molecule has 19 heavy (non-hydrogen) atoms. The summed E-state index contributed by atoms with van der Waals surface area (Å²) in [5, 5.41) is 11.4. The van der Waals surface area contributed by atoms with Gasteiger partial charge < -0.3 is 10.4 Å². The highest BCUT2D eigenvalue weighted by Crippen LogP contribution is 2.18. The summed E-state index contributed by atoms with van der Waals surface area (Å²) in [5.41, 5.74) is 0.205. The Hall–Kier alpha value is -1.08. The highest BCUT2D eigenvalue weighted by molar-refractivity contribution is 9.10. The lowest BCUT2D eigenvalue weighted by atomic mass is 10.1. The molecule has 0 saturated heterocycles. The third kappa shape index (κ3) is 4.83. The summed E-state index contributed by atoms with van der Waals surface area (Å²) < 4.78 is 13.2. The van der Waals surface area contributed by atoms with Gasteiger partial charge in [0.1, 0.15) is 11.9 Å². The first kappa shape index (κ1) is 16.0. The molecule has 104 valence electrons. The number of hydrogen-bond acceptors (Lipinski definition) is 3. The fourth-order valence-corrected chi connectivity index (χ4v) is 2.41. The highest BCUT2D eigenvalue weighted by atomic mass is 79.9. The van der Waals surface area contributed by atoms with E-state index >= 15 is 0 Å². The Balaban J connectivity index is 2.78. The van der Waals surface area contributed by atoms with Crippen LogP contribution in [0.3, 0.4) is 0 Å². The second-order valence-electron chi connectivity index (χ2n) is 3.77. The minimum atomic E-state index is -1.08. The van der Waals surface area contributed by atoms with Crippen molar-refractivity contribution in [3.63, 3.8) is 0 Å². The van der Waals surface area contributed by atoms with E-state index in [-0.39, 0.29) is 5.56 Å². The molecule has 0 saturated carbocycles. The van der Waals surface area contributed by atoms with Crippen LogP contribution >= 0.6 is 27.7 Å². The van der Waals surface area contributed by atoms with Crippen LogP contribution in [0.5, 0.6) is 0 Å². The molecule has 4 nitrogen and oxygen atoms in total. The van der Waals surface area contributed by atoms with Gasteiger partial charge in [0.15, 0.2) is 0 Å². The SMILES string of the molecule is CSCC[C@@H](NC(=O)c1ccc(F)cc1Br)C(=O)O. The largest absolute Gasteiger partial charge is 0.480 e. The van der Waals surface area contributed by atoms with Crippen molar-refractivity contribution in [3.8, 4) is 0 Å². The smallest absolute Gasteiger partial charge is 0.326 e. The van der Waals surface area contributed by atoms with Gasteiger partial charge in [-0.25, -0.2) is 9.18 Å². The molecule has 1 aromatic carbocycles. The Morgan fingerprint density at radius 3 is 2.74 bits per heavy atom. The summed E-state index contributed by atoms with van der Waals surface area (Å²) in [7, 11) is 0. The maximum Gasteiger partial charge on any atom is 0.326 e. The zero-order valence-electron chi connectivity index (χ0n) is 10.2. The molecule has 1 atom stereocenters. The van der Waals surface area contributed by atoms with E-state index in [1.165, 1.54) is 17.8 Å². The molecule has 0 radical (unpaired) electrons. The zero-order chi connectivity index (χ0) is 14.4. The van der Waals surface area contributed by atoms with Crippen LogP contribution in [0.4, 0.5) is 4.39 Å². The molecule has 2 N–H and O–H groups in total. The number of carbonyl (C=O) groups excluding carboxylic acids is 1. The lowest BCUT2D eigenvalue weighted by Crippen LogP contribution is -2.41. The van der Waals surface area contributed by atoms with E-state index in [0.717, 1.165) is 12.1 Å². The molecular weight excluding hydrogens is 337 g/mol. The van der Waals surface area contributed by atoms with Crippen molar-refractivity contribution in [2.75, 3.05) is 12.0 Å². The van der Waals surface area contributed by atoms with E-state index in [9.17, 15) is 14.0 Å². The van der Waals surface area contributed by atoms with Crippen molar-refractivity contribution in [3.05, 3.63) is 34.1 Å². The van der Waals surface area contributed by atoms with Crippen LogP contribution in [0.1, 0.15) is 16.8 Å². The Kier molecular flexibility index (Phi) is 6.30. The van der Waals surface area contributed by atoms with Gasteiger partial charge in [0.25, 0.3) is 5.91 Å². The minimum absolute atomic E-state index is 0.205. The number of carboxylic acids is 1. The van der Waals surface area contributed by atoms with Crippen LogP contribution in [0.15, 0.2) is 22.7 Å². The number of nitrogens with one attached hydrogen (secondary N) is 1. The first-order valence-electron chi connectivity index (χ1n) is 5.43. The molecule has 7 heteroatoms. The number of carboxylic acid groups (broad SMARTS) is 1. The van der Waals surface area contributed by atoms with Crippen molar-refractivity contribution in [1.29, 1.82) is 0 Å². The van der Waals surface area contributed by atoms with Crippen LogP contribution in [0.25, 0.3) is 0 Å². The topological polar surface area (TPSA) is 66.4 Å². The van der Waals surface area contributed by atoms with Crippen LogP contribution in [-0.4, -0.2) is 35.0 Å². The zero-order valence-corrected chi connectivity index (χ0v) is 12.6. The van der Waals surface area contributed by atoms with Gasteiger partial charge in [-0.2, -0.15) is 11.8 Å². The lowest BCUT2D eigenvalue weighted by Gasteiger charge is -2.14. The van der Waals surface area contributed by atoms with E-state index in [1.54, 1.807) is 0 Å². The summed E-state index contributed by atoms with van der Waals surface area (Å²) in [6.07, 6.45) is 2.19. The summed E-state index contributed by atoms with van der Waals surface area (Å²) >= 11 is 4.58. The molecular formula is C12H13BrFNO3S. The number of aliphatic carboxylic acids is 1. The van der Waals surface area contributed by atoms with Gasteiger partial charge in [0, 0.05) is 4.47 Å². The fourth-order valence-electron chi connectivity index (χ4n) is 1.40. The third-order valence-electron chi connectivity index (χ3n) is 2.39. The molecule has 1 amide bonds. The Morgan fingerprint density at radius 2 is 2.21 bits per heavy atom. The summed E-state index contributed by atoms with van der Waals surface area (Å²) in [6, 6.07) is 2.67. The number of carbonyl (C=O) groups is 2. The molecule has 0 spiro atoms. The maximum atomic E-state index is 12.9. The highest BCUT2D eigenvalue weighted by Gasteiger charge is 2.21. The van der Waals surface area contributed by atoms with Crippen molar-refractivity contribution in [2.45, 2.75) is 12.5 Å². The van der Waals surface area contributed by atoms with Gasteiger partial charge in [-0.15, -0.1) is 0 Å². The number of rotatable bonds is 6. The van der Waals surface area contributed by atoms with Crippen LogP contribution < -0.4 is 5.32 Å². The molecule has 0 aliphatic heterocycles. The molecule has 1 rings (SSSR count). The first-order valence-corrected chi connectivity index (χ1v) is 7.62. The molecule has 0 aliphatic rings. The molecule has 0 aromatic heterocycles. The van der Waals surface area contributed by atoms with E-state index in [4.69, 9.17) is 5.11 Å². The lowest BCUT2D eigenvalue weighted by molar-refractivity contribution is -0.139. The standard InChI is InChI=1S/C12H13BrFNO3S/c1-19-5-4-10(12(17)18)15-11(16)8-3-2-7(14)6-9(8)13/h2-3,6,10H,4-5H2,1H3,(H,15,16)(H,17,18)/t10-/m1/s1. The molecule has 0 heterocycles. The van der Waals surface area contributed by atoms with Crippen molar-refractivity contribution >= 4 is 39.6 Å². The van der Waals surface area contributed by atoms with E-state index in [0.29, 0.717) is 16.6 Å². The molecule has 1 aromatic rings. The first-order chi connectivity index (χ1) is 8.95. The minimum Gasteiger partial charge on any atom is -0.480 e. The second kappa shape index (κ2) is 7.49. The quantitative estimate of drug-likeness (QED) is 0.828. The van der Waals surface area contributed by atoms with Crippen molar-refractivity contribution in [1.82, 2.24) is 5.32 Å². The molecule has 0 aliphatic carbocycles. The van der Waals surface area contributed by atoms with Gasteiger partial charge in [0.05, 0.1) is 5.56 Å². The van der Waals surface area contributed by atoms with Gasteiger partial charge in [0.2, 0.25) is 0 Å². The summed E-state index contributed by atoms with van der Waals surface area (Å²) in [4.78, 5) is 22.9. The Morgan fingerprint density at radius 1 is 1.53 bits per heavy atom. The number of thioether (sulfide) groups is 1. The predicted molar refractivity (Wildman–Crippen MR) is 76.0 cm³/mol. The van der Waals surface area contributed by atoms with Crippen molar-refractivity contribution in [2.24, 2.45) is 0 Å². The Labute approximate surface area is 122 Å². The number of benzene rings is 1. The normalized spacial score (nSPS) is 11.9. The van der Waals surface area contributed by atoms with Crippen molar-refractivity contribution < 1.29 is 19.1 Å².